The highest BCUT2D eigenvalue weighted by molar-refractivity contribution is 6.32. The molecule has 0 atom stereocenters. The lowest BCUT2D eigenvalue weighted by Crippen LogP contribution is -2.40. The molecule has 0 fully saturated rings. The molecule has 2 aromatic rings. The van der Waals surface area contributed by atoms with Gasteiger partial charge in [0, 0.05) is 16.1 Å². The van der Waals surface area contributed by atoms with Crippen LogP contribution in [-0.4, -0.2) is 36.2 Å². The molecule has 0 saturated carbocycles. The number of aliphatic imine (C=N–C) groups is 1. The highest BCUT2D eigenvalue weighted by Crippen LogP contribution is 2.30. The summed E-state index contributed by atoms with van der Waals surface area (Å²) in [6.07, 6.45) is 0. The number of fused-ring (bicyclic) bond motifs is 3. The van der Waals surface area contributed by atoms with Crippen LogP contribution < -0.4 is 4.90 Å². The second kappa shape index (κ2) is 7.56. The van der Waals surface area contributed by atoms with Gasteiger partial charge in [-0.1, -0.05) is 41.9 Å². The first kappa shape index (κ1) is 17.9. The number of alkyl halides is 1. The minimum atomic E-state index is 0. The van der Waals surface area contributed by atoms with Crippen LogP contribution >= 0.6 is 35.6 Å². The average molecular weight is 394 g/mol. The Bertz CT molecular complexity index is 875. The van der Waals surface area contributed by atoms with Gasteiger partial charge in [0.25, 0.3) is 0 Å². The van der Waals surface area contributed by atoms with Crippen LogP contribution in [0.4, 0.5) is 5.69 Å². The predicted molar refractivity (Wildman–Crippen MR) is 109 cm³/mol. The van der Waals surface area contributed by atoms with E-state index < -0.39 is 0 Å². The Hall–Kier alpha value is -1.88. The van der Waals surface area contributed by atoms with Crippen LogP contribution in [0.3, 0.4) is 0 Å². The van der Waals surface area contributed by atoms with E-state index in [0.29, 0.717) is 24.0 Å². The number of halogens is 3. The SMILES string of the molecule is Cl.ClCC1=NN=C2CN=C(c3ccccc3)c3cc(Cl)ccc3N2C1. The molecule has 0 bridgehead atoms. The van der Waals surface area contributed by atoms with Gasteiger partial charge in [-0.2, -0.15) is 5.10 Å². The van der Waals surface area contributed by atoms with Crippen molar-refractivity contribution in [2.24, 2.45) is 15.2 Å². The van der Waals surface area contributed by atoms with E-state index in [9.17, 15) is 0 Å². The summed E-state index contributed by atoms with van der Waals surface area (Å²) in [4.78, 5) is 6.92. The van der Waals surface area contributed by atoms with E-state index in [-0.39, 0.29) is 12.4 Å². The first-order valence-electron chi connectivity index (χ1n) is 7.62. The minimum absolute atomic E-state index is 0. The van der Waals surface area contributed by atoms with E-state index in [1.807, 2.05) is 36.4 Å². The Balaban J connectivity index is 0.00000182. The molecule has 0 amide bonds. The fourth-order valence-corrected chi connectivity index (χ4v) is 3.22. The van der Waals surface area contributed by atoms with Crippen molar-refractivity contribution < 1.29 is 0 Å². The van der Waals surface area contributed by atoms with Crippen molar-refractivity contribution >= 4 is 58.6 Å². The fourth-order valence-electron chi connectivity index (χ4n) is 2.91. The van der Waals surface area contributed by atoms with E-state index in [1.165, 1.54) is 0 Å². The third-order valence-corrected chi connectivity index (χ3v) is 4.59. The van der Waals surface area contributed by atoms with E-state index in [0.717, 1.165) is 34.1 Å². The molecule has 7 heteroatoms. The van der Waals surface area contributed by atoms with E-state index >= 15 is 0 Å². The first-order chi connectivity index (χ1) is 11.8. The molecule has 0 aliphatic carbocycles. The van der Waals surface area contributed by atoms with Crippen LogP contribution in [0.2, 0.25) is 5.02 Å². The van der Waals surface area contributed by atoms with Gasteiger partial charge < -0.3 is 4.90 Å². The molecule has 0 N–H and O–H groups in total. The molecule has 2 heterocycles. The maximum absolute atomic E-state index is 6.27. The molecule has 0 saturated heterocycles. The Morgan fingerprint density at radius 3 is 2.60 bits per heavy atom. The summed E-state index contributed by atoms with van der Waals surface area (Å²) in [7, 11) is 0. The number of rotatable bonds is 2. The maximum Gasteiger partial charge on any atom is 0.154 e. The van der Waals surface area contributed by atoms with Crippen LogP contribution in [0.25, 0.3) is 0 Å². The molecule has 0 spiro atoms. The molecular formula is C18H15Cl3N4. The summed E-state index contributed by atoms with van der Waals surface area (Å²) < 4.78 is 0. The van der Waals surface area contributed by atoms with E-state index in [1.54, 1.807) is 0 Å². The molecule has 2 aliphatic rings. The van der Waals surface area contributed by atoms with Gasteiger partial charge in [0.05, 0.1) is 36.1 Å². The zero-order chi connectivity index (χ0) is 16.5. The Morgan fingerprint density at radius 2 is 1.84 bits per heavy atom. The van der Waals surface area contributed by atoms with Crippen LogP contribution in [0, 0.1) is 0 Å². The third-order valence-electron chi connectivity index (χ3n) is 4.04. The summed E-state index contributed by atoms with van der Waals surface area (Å²) in [6.45, 7) is 1.09. The molecule has 0 radical (unpaired) electrons. The number of benzene rings is 2. The quantitative estimate of drug-likeness (QED) is 0.696. The topological polar surface area (TPSA) is 40.3 Å². The van der Waals surface area contributed by atoms with Crippen molar-refractivity contribution in [1.82, 2.24) is 0 Å². The Labute approximate surface area is 162 Å². The predicted octanol–water partition coefficient (Wildman–Crippen LogP) is 4.43. The Kier molecular flexibility index (Phi) is 5.42. The van der Waals surface area contributed by atoms with Crippen molar-refractivity contribution in [3.05, 3.63) is 64.7 Å². The summed E-state index contributed by atoms with van der Waals surface area (Å²) in [5.41, 5.74) is 4.83. The van der Waals surface area contributed by atoms with Gasteiger partial charge in [-0.05, 0) is 18.2 Å². The Morgan fingerprint density at radius 1 is 1.04 bits per heavy atom. The second-order valence-corrected chi connectivity index (χ2v) is 6.30. The van der Waals surface area contributed by atoms with Crippen LogP contribution in [0.1, 0.15) is 11.1 Å². The summed E-state index contributed by atoms with van der Waals surface area (Å²) in [6, 6.07) is 16.0. The molecule has 4 rings (SSSR count). The van der Waals surface area contributed by atoms with Gasteiger partial charge in [-0.15, -0.1) is 29.1 Å². The smallest absolute Gasteiger partial charge is 0.154 e. The number of anilines is 1. The lowest BCUT2D eigenvalue weighted by atomic mass is 10.00. The number of hydrogen-bond donors (Lipinski definition) is 0. The molecule has 128 valence electrons. The van der Waals surface area contributed by atoms with Gasteiger partial charge >= 0.3 is 0 Å². The van der Waals surface area contributed by atoms with E-state index in [4.69, 9.17) is 28.2 Å². The summed E-state index contributed by atoms with van der Waals surface area (Å²) >= 11 is 12.2. The second-order valence-electron chi connectivity index (χ2n) is 5.59. The van der Waals surface area contributed by atoms with E-state index in [2.05, 4.69) is 27.2 Å². The van der Waals surface area contributed by atoms with Crippen molar-refractivity contribution in [1.29, 1.82) is 0 Å². The third kappa shape index (κ3) is 3.43. The molecular weight excluding hydrogens is 379 g/mol. The van der Waals surface area contributed by atoms with Crippen molar-refractivity contribution in [3.8, 4) is 0 Å². The molecule has 0 unspecified atom stereocenters. The molecule has 0 aromatic heterocycles. The fraction of sp³-hybridized carbons (Fsp3) is 0.167. The van der Waals surface area contributed by atoms with Gasteiger partial charge in [0.15, 0.2) is 5.84 Å². The highest BCUT2D eigenvalue weighted by atomic mass is 35.5. The monoisotopic (exact) mass is 392 g/mol. The normalized spacial score (nSPS) is 15.8. The number of amidine groups is 1. The zero-order valence-electron chi connectivity index (χ0n) is 13.2. The molecule has 2 aliphatic heterocycles. The van der Waals surface area contributed by atoms with Gasteiger partial charge in [-0.3, -0.25) is 4.99 Å². The average Bonchev–Trinajstić information content (AvgIpc) is 2.78. The van der Waals surface area contributed by atoms with Crippen molar-refractivity contribution in [2.45, 2.75) is 0 Å². The van der Waals surface area contributed by atoms with Crippen LogP contribution in [-0.2, 0) is 0 Å². The van der Waals surface area contributed by atoms with Gasteiger partial charge in [0.1, 0.15) is 0 Å². The first-order valence-corrected chi connectivity index (χ1v) is 8.53. The van der Waals surface area contributed by atoms with Gasteiger partial charge in [0.2, 0.25) is 0 Å². The lowest BCUT2D eigenvalue weighted by Gasteiger charge is -2.27. The minimum Gasteiger partial charge on any atom is -0.320 e. The van der Waals surface area contributed by atoms with Crippen molar-refractivity contribution in [2.75, 3.05) is 23.9 Å². The standard InChI is InChI=1S/C18H14Cl2N4.ClH/c19-9-14-11-24-16-7-6-13(20)8-15(16)18(12-4-2-1-3-5-12)21-10-17(24)23-22-14;/h1-8H,9-11H2;1H. The summed E-state index contributed by atoms with van der Waals surface area (Å²) in [5, 5.41) is 9.20. The van der Waals surface area contributed by atoms with Crippen molar-refractivity contribution in [3.63, 3.8) is 0 Å². The highest BCUT2D eigenvalue weighted by Gasteiger charge is 2.27. The molecule has 2 aromatic carbocycles. The maximum atomic E-state index is 6.27. The lowest BCUT2D eigenvalue weighted by molar-refractivity contribution is 1.03. The zero-order valence-corrected chi connectivity index (χ0v) is 15.5. The number of nitrogens with zero attached hydrogens (tertiary/aromatic N) is 4. The van der Waals surface area contributed by atoms with Crippen LogP contribution in [0.5, 0.6) is 0 Å². The largest absolute Gasteiger partial charge is 0.320 e. The van der Waals surface area contributed by atoms with Crippen LogP contribution in [0.15, 0.2) is 63.7 Å². The molecule has 25 heavy (non-hydrogen) atoms. The number of hydrogen-bond acceptors (Lipinski definition) is 4. The molecule has 4 nitrogen and oxygen atoms in total. The van der Waals surface area contributed by atoms with Gasteiger partial charge in [-0.25, -0.2) is 0 Å². The summed E-state index contributed by atoms with van der Waals surface area (Å²) in [5.74, 6) is 1.18.